The lowest BCUT2D eigenvalue weighted by Gasteiger charge is -2.38. The molecule has 0 spiro atoms. The highest BCUT2D eigenvalue weighted by atomic mass is 32.1. The Morgan fingerprint density at radius 2 is 1.69 bits per heavy atom. The molecule has 3 amide bonds. The predicted octanol–water partition coefficient (Wildman–Crippen LogP) is 6.34. The largest absolute Gasteiger partial charge is 0.444 e. The van der Waals surface area contributed by atoms with Crippen molar-refractivity contribution < 1.29 is 33.0 Å². The number of amides is 3. The molecular weight excluding hydrogens is 603 g/mol. The number of rotatable bonds is 6. The van der Waals surface area contributed by atoms with Crippen molar-refractivity contribution in [3.8, 4) is 10.6 Å². The van der Waals surface area contributed by atoms with Crippen LogP contribution in [0.5, 0.6) is 0 Å². The average Bonchev–Trinajstić information content (AvgIpc) is 3.60. The maximum absolute atomic E-state index is 14.7. The molecule has 1 aromatic carbocycles. The van der Waals surface area contributed by atoms with Crippen molar-refractivity contribution >= 4 is 40.1 Å². The van der Waals surface area contributed by atoms with Gasteiger partial charge in [-0.2, -0.15) is 5.10 Å². The van der Waals surface area contributed by atoms with Crippen LogP contribution in [0.25, 0.3) is 10.6 Å². The van der Waals surface area contributed by atoms with Crippen LogP contribution in [-0.4, -0.2) is 56.2 Å². The number of aryl methyl sites for hydroxylation is 1. The third-order valence-electron chi connectivity index (χ3n) is 7.40. The van der Waals surface area contributed by atoms with E-state index >= 15 is 0 Å². The number of anilines is 2. The number of aromatic nitrogens is 3. The smallest absolute Gasteiger partial charge is 0.412 e. The first kappa shape index (κ1) is 32.4. The van der Waals surface area contributed by atoms with E-state index < -0.39 is 40.7 Å². The second-order valence-electron chi connectivity index (χ2n) is 13.3. The molecule has 2 bridgehead atoms. The summed E-state index contributed by atoms with van der Waals surface area (Å²) in [5.74, 6) is -1.14. The molecule has 12 nitrogen and oxygen atoms in total. The van der Waals surface area contributed by atoms with Crippen molar-refractivity contribution in [1.29, 1.82) is 0 Å². The summed E-state index contributed by atoms with van der Waals surface area (Å²) < 4.78 is 33.7. The molecule has 3 unspecified atom stereocenters. The Bertz CT molecular complexity index is 1610. The Labute approximate surface area is 265 Å². The zero-order chi connectivity index (χ0) is 32.7. The van der Waals surface area contributed by atoms with Crippen molar-refractivity contribution in [2.24, 2.45) is 7.05 Å². The summed E-state index contributed by atoms with van der Waals surface area (Å²) >= 11 is 0.962. The van der Waals surface area contributed by atoms with Crippen molar-refractivity contribution in [1.82, 2.24) is 20.1 Å². The maximum Gasteiger partial charge on any atom is 0.412 e. The molecular formula is C31H39FN6O6S. The Kier molecular flexibility index (Phi) is 8.66. The molecule has 2 aromatic heterocycles. The summed E-state index contributed by atoms with van der Waals surface area (Å²) in [6, 6.07) is 5.85. The third kappa shape index (κ3) is 7.28. The standard InChI is InChI=1S/C31H39FN6O6S/c1-29(2,3)43-27(40)35-19-12-14-31(15-13-21(19)42-31)23-20(16-33-38(23)7)34-24(39)22-26(37-28(41)44-30(4,5)6)45-25(36-22)17-10-8-9-11-18(17)32/h8-11,16,19,21H,12-15H2,1-7H3,(H,34,39)(H,35,40)(H,37,41). The van der Waals surface area contributed by atoms with E-state index in [1.165, 1.54) is 12.3 Å². The molecule has 2 aliphatic rings. The fourth-order valence-electron chi connectivity index (χ4n) is 5.70. The number of nitrogens with zero attached hydrogens (tertiary/aromatic N) is 3. The average molecular weight is 643 g/mol. The minimum atomic E-state index is -0.782. The molecule has 2 fully saturated rings. The lowest BCUT2D eigenvalue weighted by molar-refractivity contribution is -0.1000. The van der Waals surface area contributed by atoms with Crippen LogP contribution in [0, 0.1) is 5.82 Å². The quantitative estimate of drug-likeness (QED) is 0.282. The highest BCUT2D eigenvalue weighted by molar-refractivity contribution is 7.19. The van der Waals surface area contributed by atoms with Crippen molar-refractivity contribution in [2.45, 2.75) is 96.2 Å². The number of thiazole rings is 1. The van der Waals surface area contributed by atoms with Gasteiger partial charge in [0.2, 0.25) is 0 Å². The Hall–Kier alpha value is -4.04. The summed E-state index contributed by atoms with van der Waals surface area (Å²) in [5, 5.41) is 13.2. The van der Waals surface area contributed by atoms with Gasteiger partial charge in [-0.1, -0.05) is 23.5 Å². The summed E-state index contributed by atoms with van der Waals surface area (Å²) in [6.07, 6.45) is 2.61. The van der Waals surface area contributed by atoms with E-state index in [9.17, 15) is 18.8 Å². The molecule has 0 radical (unpaired) electrons. The first-order chi connectivity index (χ1) is 21.0. The van der Waals surface area contributed by atoms with Gasteiger partial charge in [-0.15, -0.1) is 0 Å². The molecule has 14 heteroatoms. The third-order valence-corrected chi connectivity index (χ3v) is 8.40. The van der Waals surface area contributed by atoms with Gasteiger partial charge in [0.15, 0.2) is 5.69 Å². The van der Waals surface area contributed by atoms with E-state index in [-0.39, 0.29) is 33.4 Å². The molecule has 2 aliphatic heterocycles. The molecule has 0 saturated carbocycles. The molecule has 2 saturated heterocycles. The van der Waals surface area contributed by atoms with E-state index in [1.807, 2.05) is 20.8 Å². The SMILES string of the molecule is Cn1ncc(NC(=O)c2nc(-c3ccccc3F)sc2NC(=O)OC(C)(C)C)c1C12CCC(NC(=O)OC(C)(C)C)C(CC1)O2. The molecule has 45 heavy (non-hydrogen) atoms. The molecule has 3 atom stereocenters. The number of carbonyl (C=O) groups excluding carboxylic acids is 3. The van der Waals surface area contributed by atoms with Crippen LogP contribution in [-0.2, 0) is 26.9 Å². The number of hydrogen-bond donors (Lipinski definition) is 3. The maximum atomic E-state index is 14.7. The summed E-state index contributed by atoms with van der Waals surface area (Å²) in [7, 11) is 1.77. The van der Waals surface area contributed by atoms with E-state index in [2.05, 4.69) is 26.0 Å². The lowest BCUT2D eigenvalue weighted by Crippen LogP contribution is -2.49. The minimum Gasteiger partial charge on any atom is -0.444 e. The van der Waals surface area contributed by atoms with Crippen LogP contribution in [0.3, 0.4) is 0 Å². The lowest BCUT2D eigenvalue weighted by atomic mass is 9.89. The zero-order valence-electron chi connectivity index (χ0n) is 26.4. The number of alkyl carbamates (subject to hydrolysis) is 1. The number of hydrogen-bond acceptors (Lipinski definition) is 9. The van der Waals surface area contributed by atoms with Crippen LogP contribution >= 0.6 is 11.3 Å². The van der Waals surface area contributed by atoms with Gasteiger partial charge in [0.05, 0.1) is 29.7 Å². The van der Waals surface area contributed by atoms with E-state index in [0.717, 1.165) is 11.3 Å². The Morgan fingerprint density at radius 1 is 1.02 bits per heavy atom. The summed E-state index contributed by atoms with van der Waals surface area (Å²) in [6.45, 7) is 10.6. The van der Waals surface area contributed by atoms with Gasteiger partial charge in [-0.3, -0.25) is 14.8 Å². The van der Waals surface area contributed by atoms with E-state index in [1.54, 1.807) is 50.7 Å². The summed E-state index contributed by atoms with van der Waals surface area (Å²) in [4.78, 5) is 43.3. The normalized spacial score (nSPS) is 21.2. The Balaban J connectivity index is 1.38. The molecule has 3 aromatic rings. The zero-order valence-corrected chi connectivity index (χ0v) is 27.3. The van der Waals surface area contributed by atoms with Crippen LogP contribution in [0.4, 0.5) is 24.7 Å². The Morgan fingerprint density at radius 3 is 2.38 bits per heavy atom. The van der Waals surface area contributed by atoms with Gasteiger partial charge in [-0.05, 0) is 79.4 Å². The van der Waals surface area contributed by atoms with E-state index in [4.69, 9.17) is 14.2 Å². The first-order valence-electron chi connectivity index (χ1n) is 14.8. The van der Waals surface area contributed by atoms with Crippen LogP contribution < -0.4 is 16.0 Å². The molecule has 242 valence electrons. The molecule has 3 N–H and O–H groups in total. The van der Waals surface area contributed by atoms with Gasteiger partial charge in [-0.25, -0.2) is 19.0 Å². The number of carbonyl (C=O) groups is 3. The topological polar surface area (TPSA) is 146 Å². The second-order valence-corrected chi connectivity index (χ2v) is 14.3. The highest BCUT2D eigenvalue weighted by Gasteiger charge is 2.51. The number of benzene rings is 1. The van der Waals surface area contributed by atoms with Gasteiger partial charge in [0.25, 0.3) is 5.91 Å². The van der Waals surface area contributed by atoms with Crippen LogP contribution in [0.15, 0.2) is 30.5 Å². The summed E-state index contributed by atoms with van der Waals surface area (Å²) in [5.41, 5.74) is -0.941. The minimum absolute atomic E-state index is 0.105. The molecule has 4 heterocycles. The second kappa shape index (κ2) is 12.0. The van der Waals surface area contributed by atoms with Gasteiger partial charge >= 0.3 is 12.2 Å². The first-order valence-corrected chi connectivity index (χ1v) is 15.6. The number of nitrogens with one attached hydrogen (secondary N) is 3. The number of ether oxygens (including phenoxy) is 3. The van der Waals surface area contributed by atoms with Gasteiger partial charge in [0.1, 0.15) is 32.6 Å². The van der Waals surface area contributed by atoms with Crippen molar-refractivity contribution in [2.75, 3.05) is 10.6 Å². The van der Waals surface area contributed by atoms with Crippen LogP contribution in [0.1, 0.15) is 83.4 Å². The van der Waals surface area contributed by atoms with Crippen molar-refractivity contribution in [3.05, 3.63) is 47.7 Å². The fourth-order valence-corrected chi connectivity index (χ4v) is 6.67. The van der Waals surface area contributed by atoms with Gasteiger partial charge in [0, 0.05) is 12.6 Å². The fraction of sp³-hybridized carbons (Fsp3) is 0.516. The molecule has 0 aliphatic carbocycles. The van der Waals surface area contributed by atoms with Crippen molar-refractivity contribution in [3.63, 3.8) is 0 Å². The van der Waals surface area contributed by atoms with Crippen LogP contribution in [0.2, 0.25) is 0 Å². The predicted molar refractivity (Wildman–Crippen MR) is 167 cm³/mol. The van der Waals surface area contributed by atoms with E-state index in [0.29, 0.717) is 37.1 Å². The number of halogens is 1. The monoisotopic (exact) mass is 642 g/mol. The highest BCUT2D eigenvalue weighted by Crippen LogP contribution is 2.50. The molecule has 5 rings (SSSR count). The number of fused-ring (bicyclic) bond motifs is 2. The van der Waals surface area contributed by atoms with Gasteiger partial charge < -0.3 is 24.8 Å².